The van der Waals surface area contributed by atoms with Gasteiger partial charge in [-0.2, -0.15) is 0 Å². The molecular weight excluding hydrogens is 408 g/mol. The number of hydrogen-bond acceptors (Lipinski definition) is 5. The van der Waals surface area contributed by atoms with Crippen LogP contribution in [0.4, 0.5) is 0 Å². The van der Waals surface area contributed by atoms with Gasteiger partial charge in [0.25, 0.3) is 0 Å². The number of nitrogens with one attached hydrogen (secondary N) is 1. The molecule has 0 saturated heterocycles. The zero-order valence-electron chi connectivity index (χ0n) is 18.5. The molecule has 2 aromatic rings. The zero-order valence-corrected chi connectivity index (χ0v) is 18.5. The van der Waals surface area contributed by atoms with Gasteiger partial charge in [-0.15, -0.1) is 0 Å². The van der Waals surface area contributed by atoms with Crippen LogP contribution in [0.5, 0.6) is 17.2 Å². The summed E-state index contributed by atoms with van der Waals surface area (Å²) in [6.07, 6.45) is 3.02. The largest absolute Gasteiger partial charge is 0.493 e. The molecule has 1 heterocycles. The molecule has 1 aliphatic heterocycles. The Balaban J connectivity index is 1.23. The van der Waals surface area contributed by atoms with Crippen LogP contribution in [-0.4, -0.2) is 50.1 Å². The predicted octanol–water partition coefficient (Wildman–Crippen LogP) is 2.95. The van der Waals surface area contributed by atoms with Gasteiger partial charge in [0.1, 0.15) is 19.0 Å². The number of ether oxygens (including phenoxy) is 3. The molecule has 7 nitrogen and oxygen atoms in total. The van der Waals surface area contributed by atoms with Gasteiger partial charge >= 0.3 is 0 Å². The minimum absolute atomic E-state index is 0.0228. The zero-order chi connectivity index (χ0) is 22.3. The highest BCUT2D eigenvalue weighted by molar-refractivity contribution is 5.81. The third-order valence-electron chi connectivity index (χ3n) is 5.73. The van der Waals surface area contributed by atoms with Gasteiger partial charge in [0.05, 0.1) is 20.2 Å². The van der Waals surface area contributed by atoms with E-state index in [2.05, 4.69) is 11.4 Å². The number of amides is 2. The molecule has 0 spiro atoms. The first-order chi connectivity index (χ1) is 15.6. The molecule has 0 bridgehead atoms. The fourth-order valence-corrected chi connectivity index (χ4v) is 3.82. The molecule has 1 aliphatic carbocycles. The molecule has 0 atom stereocenters. The quantitative estimate of drug-likeness (QED) is 0.609. The van der Waals surface area contributed by atoms with Crippen LogP contribution in [0, 0.1) is 5.92 Å². The minimum atomic E-state index is -0.0228. The van der Waals surface area contributed by atoms with Gasteiger partial charge in [-0.3, -0.25) is 9.59 Å². The first kappa shape index (κ1) is 22.0. The van der Waals surface area contributed by atoms with Crippen molar-refractivity contribution in [3.8, 4) is 17.2 Å². The second kappa shape index (κ2) is 10.4. The molecule has 0 aromatic heterocycles. The first-order valence-electron chi connectivity index (χ1n) is 11.2. The summed E-state index contributed by atoms with van der Waals surface area (Å²) in [4.78, 5) is 26.6. The maximum absolute atomic E-state index is 12.5. The summed E-state index contributed by atoms with van der Waals surface area (Å²) >= 11 is 0. The van der Waals surface area contributed by atoms with Crippen molar-refractivity contribution in [3.05, 3.63) is 53.6 Å². The SMILES string of the molecule is COc1ccccc1OCCNC(=O)CCc1ccc2c(c1)CN(C(=O)C1CC1)CCO2. The van der Waals surface area contributed by atoms with Crippen LogP contribution in [-0.2, 0) is 22.6 Å². The number of rotatable bonds is 9. The number of methoxy groups -OCH3 is 1. The van der Waals surface area contributed by atoms with Gasteiger partial charge in [0.2, 0.25) is 11.8 Å². The van der Waals surface area contributed by atoms with Gasteiger partial charge in [-0.25, -0.2) is 0 Å². The van der Waals surface area contributed by atoms with Crippen LogP contribution in [0.1, 0.15) is 30.4 Å². The lowest BCUT2D eigenvalue weighted by atomic mass is 10.0. The average molecular weight is 439 g/mol. The lowest BCUT2D eigenvalue weighted by Gasteiger charge is -2.19. The molecule has 0 radical (unpaired) electrons. The van der Waals surface area contributed by atoms with Crippen LogP contribution >= 0.6 is 0 Å². The molecule has 0 unspecified atom stereocenters. The average Bonchev–Trinajstić information content (AvgIpc) is 3.67. The third kappa shape index (κ3) is 5.72. The Bertz CT molecular complexity index is 957. The molecule has 170 valence electrons. The van der Waals surface area contributed by atoms with E-state index in [0.717, 1.165) is 29.7 Å². The van der Waals surface area contributed by atoms with Crippen molar-refractivity contribution >= 4 is 11.8 Å². The Morgan fingerprint density at radius 3 is 2.75 bits per heavy atom. The molecule has 4 rings (SSSR count). The van der Waals surface area contributed by atoms with Crippen molar-refractivity contribution in [2.45, 2.75) is 32.2 Å². The Labute approximate surface area is 188 Å². The van der Waals surface area contributed by atoms with Gasteiger partial charge in [-0.1, -0.05) is 24.3 Å². The van der Waals surface area contributed by atoms with Gasteiger partial charge < -0.3 is 24.4 Å². The highest BCUT2D eigenvalue weighted by Crippen LogP contribution is 2.33. The van der Waals surface area contributed by atoms with Gasteiger partial charge in [-0.05, 0) is 43.0 Å². The molecule has 1 N–H and O–H groups in total. The van der Waals surface area contributed by atoms with Crippen molar-refractivity contribution in [3.63, 3.8) is 0 Å². The Hall–Kier alpha value is -3.22. The fourth-order valence-electron chi connectivity index (χ4n) is 3.82. The highest BCUT2D eigenvalue weighted by atomic mass is 16.5. The van der Waals surface area contributed by atoms with Crippen molar-refractivity contribution in [2.24, 2.45) is 5.92 Å². The van der Waals surface area contributed by atoms with E-state index in [4.69, 9.17) is 14.2 Å². The fraction of sp³-hybridized carbons (Fsp3) is 0.440. The summed E-state index contributed by atoms with van der Waals surface area (Å²) in [5, 5.41) is 2.89. The van der Waals surface area contributed by atoms with Crippen molar-refractivity contribution in [1.29, 1.82) is 0 Å². The molecule has 7 heteroatoms. The molecule has 2 aliphatic rings. The van der Waals surface area contributed by atoms with Crippen LogP contribution in [0.25, 0.3) is 0 Å². The number of aryl methyl sites for hydroxylation is 1. The summed E-state index contributed by atoms with van der Waals surface area (Å²) in [6, 6.07) is 13.4. The number of fused-ring (bicyclic) bond motifs is 1. The number of nitrogens with zero attached hydrogens (tertiary/aromatic N) is 1. The van der Waals surface area contributed by atoms with Crippen LogP contribution in [0.15, 0.2) is 42.5 Å². The molecule has 32 heavy (non-hydrogen) atoms. The number of hydrogen-bond donors (Lipinski definition) is 1. The van der Waals surface area contributed by atoms with E-state index in [1.54, 1.807) is 7.11 Å². The summed E-state index contributed by atoms with van der Waals surface area (Å²) < 4.78 is 16.8. The number of para-hydroxylation sites is 2. The van der Waals surface area contributed by atoms with E-state index >= 15 is 0 Å². The van der Waals surface area contributed by atoms with Crippen LogP contribution in [0.3, 0.4) is 0 Å². The normalized spacial score (nSPS) is 15.2. The summed E-state index contributed by atoms with van der Waals surface area (Å²) in [7, 11) is 1.60. The molecule has 2 amide bonds. The second-order valence-corrected chi connectivity index (χ2v) is 8.17. The van der Waals surface area contributed by atoms with Gasteiger partial charge in [0.15, 0.2) is 11.5 Å². The van der Waals surface area contributed by atoms with Gasteiger partial charge in [0, 0.05) is 24.4 Å². The number of carbonyl (C=O) groups is 2. The Kier molecular flexibility index (Phi) is 7.14. The van der Waals surface area contributed by atoms with E-state index in [-0.39, 0.29) is 17.7 Å². The van der Waals surface area contributed by atoms with E-state index in [9.17, 15) is 9.59 Å². The molecular formula is C25H30N2O5. The molecule has 1 fully saturated rings. The lowest BCUT2D eigenvalue weighted by Crippen LogP contribution is -2.33. The Morgan fingerprint density at radius 2 is 1.97 bits per heavy atom. The molecule has 2 aromatic carbocycles. The van der Waals surface area contributed by atoms with E-state index < -0.39 is 0 Å². The maximum Gasteiger partial charge on any atom is 0.226 e. The highest BCUT2D eigenvalue weighted by Gasteiger charge is 2.34. The first-order valence-corrected chi connectivity index (χ1v) is 11.2. The van der Waals surface area contributed by atoms with Crippen molar-refractivity contribution < 1.29 is 23.8 Å². The summed E-state index contributed by atoms with van der Waals surface area (Å²) in [5.41, 5.74) is 2.08. The topological polar surface area (TPSA) is 77.1 Å². The van der Waals surface area contributed by atoms with Crippen LogP contribution in [0.2, 0.25) is 0 Å². The van der Waals surface area contributed by atoms with E-state index in [1.807, 2.05) is 41.3 Å². The lowest BCUT2D eigenvalue weighted by molar-refractivity contribution is -0.133. The van der Waals surface area contributed by atoms with Crippen molar-refractivity contribution in [1.82, 2.24) is 10.2 Å². The monoisotopic (exact) mass is 438 g/mol. The van der Waals surface area contributed by atoms with Crippen molar-refractivity contribution in [2.75, 3.05) is 33.4 Å². The van der Waals surface area contributed by atoms with E-state index in [0.29, 0.717) is 57.2 Å². The summed E-state index contributed by atoms with van der Waals surface area (Å²) in [6.45, 7) is 2.51. The number of carbonyl (C=O) groups excluding carboxylic acids is 2. The molecule has 1 saturated carbocycles. The number of benzene rings is 2. The smallest absolute Gasteiger partial charge is 0.226 e. The standard InChI is InChI=1S/C25H30N2O5/c1-30-22-4-2-3-5-23(22)31-14-12-26-24(28)11-7-18-6-10-21-20(16-18)17-27(13-15-32-21)25(29)19-8-9-19/h2-6,10,16,19H,7-9,11-15,17H2,1H3,(H,26,28). The minimum Gasteiger partial charge on any atom is -0.493 e. The summed E-state index contributed by atoms with van der Waals surface area (Å²) in [5.74, 6) is 2.58. The van der Waals surface area contributed by atoms with Crippen LogP contribution < -0.4 is 19.5 Å². The van der Waals surface area contributed by atoms with E-state index in [1.165, 1.54) is 0 Å². The Morgan fingerprint density at radius 1 is 1.16 bits per heavy atom. The second-order valence-electron chi connectivity index (χ2n) is 8.17. The maximum atomic E-state index is 12.5. The third-order valence-corrected chi connectivity index (χ3v) is 5.73. The predicted molar refractivity (Wildman–Crippen MR) is 120 cm³/mol.